The van der Waals surface area contributed by atoms with Gasteiger partial charge in [-0.3, -0.25) is 0 Å². The zero-order chi connectivity index (χ0) is 13.0. The molecule has 1 aromatic rings. The summed E-state index contributed by atoms with van der Waals surface area (Å²) in [4.78, 5) is 4.52. The van der Waals surface area contributed by atoms with Crippen LogP contribution in [-0.4, -0.2) is 50.8 Å². The van der Waals surface area contributed by atoms with Crippen molar-refractivity contribution in [2.45, 2.75) is 13.2 Å². The van der Waals surface area contributed by atoms with Gasteiger partial charge in [0.15, 0.2) is 6.79 Å². The number of fused-ring (bicyclic) bond motifs is 1. The molecule has 0 saturated heterocycles. The third kappa shape index (κ3) is 3.70. The molecule has 0 radical (unpaired) electrons. The number of hydrogen-bond acceptors (Lipinski definition) is 4. The highest BCUT2D eigenvalue weighted by Gasteiger charge is 2.11. The normalized spacial score (nSPS) is 14.7. The van der Waals surface area contributed by atoms with Gasteiger partial charge in [-0.05, 0) is 32.8 Å². The van der Waals surface area contributed by atoms with Gasteiger partial charge in [-0.1, -0.05) is 12.1 Å². The minimum Gasteiger partial charge on any atom is -0.467 e. The number of nitrogens with zero attached hydrogens (tertiary/aromatic N) is 2. The van der Waals surface area contributed by atoms with Crippen LogP contribution in [0.3, 0.4) is 0 Å². The largest absolute Gasteiger partial charge is 0.467 e. The molecule has 1 heterocycles. The zero-order valence-electron chi connectivity index (χ0n) is 11.5. The van der Waals surface area contributed by atoms with Crippen LogP contribution in [0.5, 0.6) is 5.75 Å². The van der Waals surface area contributed by atoms with E-state index >= 15 is 0 Å². The lowest BCUT2D eigenvalue weighted by Crippen LogP contribution is -2.28. The summed E-state index contributed by atoms with van der Waals surface area (Å²) in [5.74, 6) is 0.972. The number of likely N-dealkylation sites (N-methyl/N-ethyl adjacent to an activating group) is 2. The van der Waals surface area contributed by atoms with E-state index < -0.39 is 0 Å². The summed E-state index contributed by atoms with van der Waals surface area (Å²) in [6.45, 7) is 4.12. The second-order valence-corrected chi connectivity index (χ2v) is 5.09. The van der Waals surface area contributed by atoms with E-state index in [0.29, 0.717) is 13.4 Å². The molecule has 0 spiro atoms. The van der Waals surface area contributed by atoms with Crippen LogP contribution in [0.15, 0.2) is 18.2 Å². The molecule has 0 aliphatic carbocycles. The first-order chi connectivity index (χ1) is 8.65. The second-order valence-electron chi connectivity index (χ2n) is 5.09. The number of hydrogen-bond donors (Lipinski definition) is 0. The molecule has 4 heteroatoms. The lowest BCUT2D eigenvalue weighted by molar-refractivity contribution is -0.0164. The van der Waals surface area contributed by atoms with Crippen molar-refractivity contribution in [1.29, 1.82) is 0 Å². The minimum absolute atomic E-state index is 0.368. The summed E-state index contributed by atoms with van der Waals surface area (Å²) in [6, 6.07) is 6.39. The lowest BCUT2D eigenvalue weighted by atomic mass is 10.1. The summed E-state index contributed by atoms with van der Waals surface area (Å²) in [5, 5.41) is 0. The molecule has 2 rings (SSSR count). The van der Waals surface area contributed by atoms with Crippen molar-refractivity contribution in [3.8, 4) is 5.75 Å². The topological polar surface area (TPSA) is 24.9 Å². The highest BCUT2D eigenvalue weighted by Crippen LogP contribution is 2.25. The van der Waals surface area contributed by atoms with Gasteiger partial charge < -0.3 is 19.3 Å². The van der Waals surface area contributed by atoms with Crippen LogP contribution in [0.4, 0.5) is 0 Å². The van der Waals surface area contributed by atoms with Crippen molar-refractivity contribution in [3.05, 3.63) is 29.3 Å². The summed E-state index contributed by atoms with van der Waals surface area (Å²) in [6.07, 6.45) is 0. The average Bonchev–Trinajstić information content (AvgIpc) is 2.36. The van der Waals surface area contributed by atoms with Crippen LogP contribution in [0.2, 0.25) is 0 Å². The first kappa shape index (κ1) is 13.3. The Kier molecular flexibility index (Phi) is 4.58. The van der Waals surface area contributed by atoms with Gasteiger partial charge in [0, 0.05) is 25.2 Å². The van der Waals surface area contributed by atoms with E-state index in [0.717, 1.165) is 30.9 Å². The van der Waals surface area contributed by atoms with Gasteiger partial charge >= 0.3 is 0 Å². The molecule has 0 unspecified atom stereocenters. The first-order valence-electron chi connectivity index (χ1n) is 6.31. The fourth-order valence-electron chi connectivity index (χ4n) is 1.97. The molecule has 0 amide bonds. The van der Waals surface area contributed by atoms with E-state index in [1.807, 2.05) is 0 Å². The third-order valence-corrected chi connectivity index (χ3v) is 3.07. The van der Waals surface area contributed by atoms with Crippen molar-refractivity contribution in [2.75, 3.05) is 41.0 Å². The van der Waals surface area contributed by atoms with Gasteiger partial charge in [-0.2, -0.15) is 0 Å². The maximum Gasteiger partial charge on any atom is 0.189 e. The molecule has 100 valence electrons. The van der Waals surface area contributed by atoms with Crippen molar-refractivity contribution < 1.29 is 9.47 Å². The molecule has 1 aliphatic heterocycles. The molecule has 18 heavy (non-hydrogen) atoms. The van der Waals surface area contributed by atoms with Crippen molar-refractivity contribution >= 4 is 0 Å². The molecule has 1 aliphatic rings. The lowest BCUT2D eigenvalue weighted by Gasteiger charge is -2.21. The maximum atomic E-state index is 5.49. The molecule has 0 fully saturated rings. The smallest absolute Gasteiger partial charge is 0.189 e. The molecule has 0 atom stereocenters. The van der Waals surface area contributed by atoms with Crippen LogP contribution in [0, 0.1) is 0 Å². The third-order valence-electron chi connectivity index (χ3n) is 3.07. The monoisotopic (exact) mass is 250 g/mol. The highest BCUT2D eigenvalue weighted by atomic mass is 16.7. The Morgan fingerprint density at radius 1 is 1.17 bits per heavy atom. The predicted molar refractivity (Wildman–Crippen MR) is 71.6 cm³/mol. The molecule has 0 aromatic heterocycles. The summed E-state index contributed by atoms with van der Waals surface area (Å²) < 4.78 is 10.7. The van der Waals surface area contributed by atoms with Crippen LogP contribution in [0.25, 0.3) is 0 Å². The van der Waals surface area contributed by atoms with Crippen LogP contribution in [-0.2, 0) is 17.9 Å². The number of benzene rings is 1. The van der Waals surface area contributed by atoms with Gasteiger partial charge in [0.1, 0.15) is 5.75 Å². The van der Waals surface area contributed by atoms with E-state index in [1.165, 1.54) is 5.56 Å². The molecule has 1 aromatic carbocycles. The van der Waals surface area contributed by atoms with E-state index in [-0.39, 0.29) is 0 Å². The van der Waals surface area contributed by atoms with Crippen molar-refractivity contribution in [2.24, 2.45) is 0 Å². The van der Waals surface area contributed by atoms with Crippen LogP contribution >= 0.6 is 0 Å². The quantitative estimate of drug-likeness (QED) is 0.791. The Labute approximate surface area is 109 Å². The highest BCUT2D eigenvalue weighted by molar-refractivity contribution is 5.37. The molecular weight excluding hydrogens is 228 g/mol. The first-order valence-corrected chi connectivity index (χ1v) is 6.31. The average molecular weight is 250 g/mol. The van der Waals surface area contributed by atoms with Crippen molar-refractivity contribution in [3.63, 3.8) is 0 Å². The minimum atomic E-state index is 0.368. The van der Waals surface area contributed by atoms with E-state index in [1.54, 1.807) is 0 Å². The van der Waals surface area contributed by atoms with E-state index in [2.05, 4.69) is 49.1 Å². The van der Waals surface area contributed by atoms with E-state index in [9.17, 15) is 0 Å². The number of rotatable bonds is 5. The van der Waals surface area contributed by atoms with Crippen LogP contribution in [0.1, 0.15) is 11.1 Å². The summed E-state index contributed by atoms with van der Waals surface area (Å²) >= 11 is 0. The summed E-state index contributed by atoms with van der Waals surface area (Å²) in [5.41, 5.74) is 2.43. The Morgan fingerprint density at radius 3 is 2.78 bits per heavy atom. The second kappa shape index (κ2) is 6.18. The van der Waals surface area contributed by atoms with Gasteiger partial charge in [-0.15, -0.1) is 0 Å². The van der Waals surface area contributed by atoms with Gasteiger partial charge in [-0.25, -0.2) is 0 Å². The maximum absolute atomic E-state index is 5.49. The van der Waals surface area contributed by atoms with Crippen molar-refractivity contribution in [1.82, 2.24) is 9.80 Å². The zero-order valence-corrected chi connectivity index (χ0v) is 11.5. The molecule has 4 nitrogen and oxygen atoms in total. The number of ether oxygens (including phenoxy) is 2. The Hall–Kier alpha value is -1.10. The van der Waals surface area contributed by atoms with Gasteiger partial charge in [0.05, 0.1) is 6.61 Å². The molecule has 0 bridgehead atoms. The Morgan fingerprint density at radius 2 is 2.00 bits per heavy atom. The fraction of sp³-hybridized carbons (Fsp3) is 0.571. The Balaban J connectivity index is 1.93. The predicted octanol–water partition coefficient (Wildman–Crippen LogP) is 1.55. The molecular formula is C14H22N2O2. The fourth-order valence-corrected chi connectivity index (χ4v) is 1.97. The van der Waals surface area contributed by atoms with Gasteiger partial charge in [0.2, 0.25) is 0 Å². The standard InChI is InChI=1S/C14H22N2O2/c1-15(2)6-7-16(3)9-12-4-5-13-10-17-11-18-14(13)8-12/h4-5,8H,6-7,9-11H2,1-3H3. The SMILES string of the molecule is CN(C)CCN(C)Cc1ccc2c(c1)OCOC2. The Bertz CT molecular complexity index is 393. The summed E-state index contributed by atoms with van der Waals surface area (Å²) in [7, 11) is 6.34. The van der Waals surface area contributed by atoms with Gasteiger partial charge in [0.25, 0.3) is 0 Å². The molecule has 0 saturated carbocycles. The van der Waals surface area contributed by atoms with E-state index in [4.69, 9.17) is 9.47 Å². The molecule has 0 N–H and O–H groups in total. The van der Waals surface area contributed by atoms with Crippen LogP contribution < -0.4 is 4.74 Å².